The maximum Gasteiger partial charge on any atom is 0.211 e. The Bertz CT molecular complexity index is 670. The lowest BCUT2D eigenvalue weighted by atomic mass is 10.1. The molecule has 6 N–H and O–H groups in total. The number of amides is 1. The van der Waals surface area contributed by atoms with Gasteiger partial charge in [0.15, 0.2) is 5.76 Å². The Morgan fingerprint density at radius 1 is 1.10 bits per heavy atom. The number of nitrogens with one attached hydrogen (secondary N) is 2. The molecule has 0 heterocycles. The highest BCUT2D eigenvalue weighted by atomic mass is 16.6. The van der Waals surface area contributed by atoms with Crippen molar-refractivity contribution in [3.63, 3.8) is 0 Å². The molecule has 2 rings (SSSR count). The molecule has 0 aliphatic rings. The Balaban J connectivity index is 2.08. The molecule has 0 aromatic heterocycles. The molecule has 2 aromatic carbocycles. The molecule has 0 saturated heterocycles. The zero-order valence-electron chi connectivity index (χ0n) is 11.3. The minimum atomic E-state index is 0.368. The fourth-order valence-corrected chi connectivity index (χ4v) is 1.68. The summed E-state index contributed by atoms with van der Waals surface area (Å²) in [6, 6.07) is 12.3. The van der Waals surface area contributed by atoms with Crippen LogP contribution in [0.15, 0.2) is 49.0 Å². The normalized spacial score (nSPS) is 9.71. The van der Waals surface area contributed by atoms with Crippen LogP contribution in [-0.2, 0) is 9.63 Å². The second kappa shape index (κ2) is 6.33. The average Bonchev–Trinajstić information content (AvgIpc) is 2.48. The van der Waals surface area contributed by atoms with Gasteiger partial charge in [-0.1, -0.05) is 18.7 Å². The smallest absolute Gasteiger partial charge is 0.211 e. The maximum atomic E-state index is 10.5. The van der Waals surface area contributed by atoms with E-state index in [9.17, 15) is 4.79 Å². The average molecular weight is 284 g/mol. The highest BCUT2D eigenvalue weighted by molar-refractivity contribution is 5.82. The number of benzene rings is 2. The SMILES string of the molecule is C=C(ONc1ccccc1N)c1ccc(N)c(NC=O)c1. The third kappa shape index (κ3) is 3.44. The number of nitrogens with two attached hydrogens (primary N) is 2. The van der Waals surface area contributed by atoms with Gasteiger partial charge in [-0.2, -0.15) is 0 Å². The molecule has 0 fully saturated rings. The lowest BCUT2D eigenvalue weighted by Crippen LogP contribution is -2.04. The van der Waals surface area contributed by atoms with Crippen LogP contribution in [0, 0.1) is 0 Å². The van der Waals surface area contributed by atoms with Crippen LogP contribution in [0.4, 0.5) is 22.7 Å². The van der Waals surface area contributed by atoms with E-state index in [0.29, 0.717) is 40.5 Å². The summed E-state index contributed by atoms with van der Waals surface area (Å²) < 4.78 is 0. The van der Waals surface area contributed by atoms with Crippen molar-refractivity contribution in [2.75, 3.05) is 22.3 Å². The molecule has 0 aliphatic carbocycles. The van der Waals surface area contributed by atoms with E-state index in [2.05, 4.69) is 17.4 Å². The molecule has 6 nitrogen and oxygen atoms in total. The van der Waals surface area contributed by atoms with Gasteiger partial charge in [-0.25, -0.2) is 5.48 Å². The van der Waals surface area contributed by atoms with E-state index < -0.39 is 0 Å². The summed E-state index contributed by atoms with van der Waals surface area (Å²) in [6.45, 7) is 3.82. The largest absolute Gasteiger partial charge is 0.397 e. The second-order valence-corrected chi connectivity index (χ2v) is 4.28. The zero-order chi connectivity index (χ0) is 15.2. The summed E-state index contributed by atoms with van der Waals surface area (Å²) in [7, 11) is 0. The number of carbonyl (C=O) groups excluding carboxylic acids is 1. The minimum Gasteiger partial charge on any atom is -0.397 e. The Kier molecular flexibility index (Phi) is 4.30. The lowest BCUT2D eigenvalue weighted by molar-refractivity contribution is -0.105. The summed E-state index contributed by atoms with van der Waals surface area (Å²) in [5, 5.41) is 2.51. The Morgan fingerprint density at radius 2 is 1.81 bits per heavy atom. The maximum absolute atomic E-state index is 10.5. The van der Waals surface area contributed by atoms with Crippen molar-refractivity contribution < 1.29 is 9.63 Å². The van der Waals surface area contributed by atoms with Crippen LogP contribution in [0.1, 0.15) is 5.56 Å². The predicted molar refractivity (Wildman–Crippen MR) is 85.1 cm³/mol. The van der Waals surface area contributed by atoms with Crippen LogP contribution < -0.4 is 22.3 Å². The Labute approximate surface area is 122 Å². The number of hydrogen-bond donors (Lipinski definition) is 4. The summed E-state index contributed by atoms with van der Waals surface area (Å²) in [6.07, 6.45) is 0.558. The third-order valence-corrected chi connectivity index (χ3v) is 2.83. The van der Waals surface area contributed by atoms with E-state index in [1.165, 1.54) is 0 Å². The molecular weight excluding hydrogens is 268 g/mol. The van der Waals surface area contributed by atoms with E-state index >= 15 is 0 Å². The number of anilines is 4. The van der Waals surface area contributed by atoms with Gasteiger partial charge < -0.3 is 21.6 Å². The standard InChI is InChI=1S/C15H16N4O2/c1-10(21-19-14-5-3-2-4-12(14)16)11-6-7-13(17)15(8-11)18-9-20/h2-9,19H,1,16-17H2,(H,18,20). The molecule has 1 amide bonds. The van der Waals surface area contributed by atoms with Gasteiger partial charge in [-0.3, -0.25) is 4.79 Å². The van der Waals surface area contributed by atoms with Gasteiger partial charge in [0.05, 0.1) is 22.7 Å². The molecule has 6 heteroatoms. The molecule has 0 unspecified atom stereocenters. The van der Waals surface area contributed by atoms with Crippen molar-refractivity contribution in [2.24, 2.45) is 0 Å². The fourth-order valence-electron chi connectivity index (χ4n) is 1.68. The van der Waals surface area contributed by atoms with Crippen molar-refractivity contribution >= 4 is 34.9 Å². The first-order valence-corrected chi connectivity index (χ1v) is 6.18. The van der Waals surface area contributed by atoms with Gasteiger partial charge in [0.25, 0.3) is 0 Å². The molecule has 0 radical (unpaired) electrons. The number of para-hydroxylation sites is 2. The van der Waals surface area contributed by atoms with Crippen molar-refractivity contribution in [3.05, 3.63) is 54.6 Å². The first kappa shape index (κ1) is 14.3. The molecule has 21 heavy (non-hydrogen) atoms. The highest BCUT2D eigenvalue weighted by Crippen LogP contribution is 2.25. The number of hydrogen-bond acceptors (Lipinski definition) is 5. The highest BCUT2D eigenvalue weighted by Gasteiger charge is 2.06. The van der Waals surface area contributed by atoms with Gasteiger partial charge >= 0.3 is 0 Å². The molecule has 2 aromatic rings. The van der Waals surface area contributed by atoms with Crippen molar-refractivity contribution in [3.8, 4) is 0 Å². The van der Waals surface area contributed by atoms with E-state index in [4.69, 9.17) is 16.3 Å². The summed E-state index contributed by atoms with van der Waals surface area (Å²) in [5.74, 6) is 0.368. The van der Waals surface area contributed by atoms with E-state index in [1.807, 2.05) is 12.1 Å². The fraction of sp³-hybridized carbons (Fsp3) is 0. The first-order valence-electron chi connectivity index (χ1n) is 6.18. The van der Waals surface area contributed by atoms with Crippen LogP contribution in [-0.4, -0.2) is 6.41 Å². The van der Waals surface area contributed by atoms with Crippen molar-refractivity contribution in [1.29, 1.82) is 0 Å². The predicted octanol–water partition coefficient (Wildman–Crippen LogP) is 2.43. The summed E-state index contributed by atoms with van der Waals surface area (Å²) >= 11 is 0. The number of nitrogen functional groups attached to an aromatic ring is 2. The van der Waals surface area contributed by atoms with Crippen molar-refractivity contribution in [1.82, 2.24) is 0 Å². The quantitative estimate of drug-likeness (QED) is 0.282. The Hall–Kier alpha value is -3.15. The van der Waals surface area contributed by atoms with Crippen LogP contribution in [0.25, 0.3) is 5.76 Å². The molecule has 0 atom stereocenters. The molecule has 0 saturated carbocycles. The van der Waals surface area contributed by atoms with E-state index in [0.717, 1.165) is 0 Å². The number of carbonyl (C=O) groups is 1. The van der Waals surface area contributed by atoms with Crippen molar-refractivity contribution in [2.45, 2.75) is 0 Å². The van der Waals surface area contributed by atoms with Gasteiger partial charge in [-0.15, -0.1) is 0 Å². The van der Waals surface area contributed by atoms with Gasteiger partial charge in [0.2, 0.25) is 6.41 Å². The van der Waals surface area contributed by atoms with Crippen LogP contribution >= 0.6 is 0 Å². The second-order valence-electron chi connectivity index (χ2n) is 4.28. The van der Waals surface area contributed by atoms with Crippen LogP contribution in [0.2, 0.25) is 0 Å². The van der Waals surface area contributed by atoms with E-state index in [-0.39, 0.29) is 0 Å². The summed E-state index contributed by atoms with van der Waals surface area (Å²) in [4.78, 5) is 15.9. The van der Waals surface area contributed by atoms with Crippen LogP contribution in [0.3, 0.4) is 0 Å². The van der Waals surface area contributed by atoms with Gasteiger partial charge in [0.1, 0.15) is 0 Å². The lowest BCUT2D eigenvalue weighted by Gasteiger charge is -2.13. The van der Waals surface area contributed by atoms with Crippen LogP contribution in [0.5, 0.6) is 0 Å². The molecular formula is C15H16N4O2. The molecule has 0 aliphatic heterocycles. The van der Waals surface area contributed by atoms with Gasteiger partial charge in [0, 0.05) is 5.56 Å². The minimum absolute atomic E-state index is 0.368. The molecule has 0 bridgehead atoms. The molecule has 108 valence electrons. The van der Waals surface area contributed by atoms with E-state index in [1.54, 1.807) is 30.3 Å². The third-order valence-electron chi connectivity index (χ3n) is 2.83. The molecule has 0 spiro atoms. The van der Waals surface area contributed by atoms with Gasteiger partial charge in [-0.05, 0) is 30.3 Å². The Morgan fingerprint density at radius 3 is 2.52 bits per heavy atom. The summed E-state index contributed by atoms with van der Waals surface area (Å²) in [5.41, 5.74) is 17.1. The first-order chi connectivity index (χ1) is 10.1. The monoisotopic (exact) mass is 284 g/mol. The zero-order valence-corrected chi connectivity index (χ0v) is 11.3. The number of rotatable bonds is 6. The topological polar surface area (TPSA) is 102 Å².